The van der Waals surface area contributed by atoms with Crippen LogP contribution in [0.25, 0.3) is 11.0 Å². The molecule has 0 radical (unpaired) electrons. The largest absolute Gasteiger partial charge is 0.339 e. The first-order valence-electron chi connectivity index (χ1n) is 5.91. The number of aromatic nitrogens is 3. The Labute approximate surface area is 99.7 Å². The van der Waals surface area contributed by atoms with Crippen LogP contribution in [0.5, 0.6) is 0 Å². The van der Waals surface area contributed by atoms with Crippen LogP contribution in [0.3, 0.4) is 0 Å². The van der Waals surface area contributed by atoms with Crippen LogP contribution in [0, 0.1) is 5.92 Å². The van der Waals surface area contributed by atoms with Crippen molar-refractivity contribution < 1.29 is 0 Å². The Morgan fingerprint density at radius 1 is 1.24 bits per heavy atom. The fraction of sp³-hybridized carbons (Fsp3) is 0.417. The van der Waals surface area contributed by atoms with E-state index < -0.39 is 0 Å². The summed E-state index contributed by atoms with van der Waals surface area (Å²) < 4.78 is 0. The van der Waals surface area contributed by atoms with Crippen molar-refractivity contribution in [2.75, 3.05) is 24.5 Å². The van der Waals surface area contributed by atoms with E-state index >= 15 is 0 Å². The Balaban J connectivity index is 1.91. The van der Waals surface area contributed by atoms with Crippen molar-refractivity contribution in [2.24, 2.45) is 11.7 Å². The van der Waals surface area contributed by atoms with Crippen LogP contribution in [0.2, 0.25) is 0 Å². The minimum absolute atomic E-state index is 0.560. The summed E-state index contributed by atoms with van der Waals surface area (Å²) in [4.78, 5) is 6.70. The monoisotopic (exact) mass is 229 g/mol. The van der Waals surface area contributed by atoms with E-state index in [2.05, 4.69) is 20.1 Å². The minimum Gasteiger partial charge on any atom is -0.339 e. The Kier molecular flexibility index (Phi) is 2.60. The zero-order valence-corrected chi connectivity index (χ0v) is 9.58. The number of nitrogens with zero attached hydrogens (tertiary/aromatic N) is 4. The minimum atomic E-state index is 0.560. The highest BCUT2D eigenvalue weighted by Crippen LogP contribution is 2.20. The number of hydrogen-bond donors (Lipinski definition) is 1. The van der Waals surface area contributed by atoms with Gasteiger partial charge in [-0.2, -0.15) is 0 Å². The maximum Gasteiger partial charge on any atom is 0.245 e. The molecule has 0 amide bonds. The van der Waals surface area contributed by atoms with Gasteiger partial charge in [0.15, 0.2) is 0 Å². The summed E-state index contributed by atoms with van der Waals surface area (Å²) in [5.41, 5.74) is 7.42. The first-order valence-corrected chi connectivity index (χ1v) is 5.91. The highest BCUT2D eigenvalue weighted by atomic mass is 15.3. The van der Waals surface area contributed by atoms with E-state index in [1.165, 1.54) is 0 Å². The zero-order chi connectivity index (χ0) is 11.7. The normalized spacial score (nSPS) is 20.1. The maximum absolute atomic E-state index is 5.68. The van der Waals surface area contributed by atoms with Gasteiger partial charge in [0.25, 0.3) is 0 Å². The molecular weight excluding hydrogens is 214 g/mol. The van der Waals surface area contributed by atoms with Gasteiger partial charge in [0.05, 0.1) is 5.52 Å². The van der Waals surface area contributed by atoms with Crippen LogP contribution < -0.4 is 10.6 Å². The molecule has 0 bridgehead atoms. The SMILES string of the molecule is NCC1CCN(c2nnc3ccccc3n2)C1. The Morgan fingerprint density at radius 2 is 2.06 bits per heavy atom. The molecule has 1 unspecified atom stereocenters. The van der Waals surface area contributed by atoms with Crippen LogP contribution in [0.15, 0.2) is 24.3 Å². The Hall–Kier alpha value is -1.75. The second-order valence-electron chi connectivity index (χ2n) is 4.44. The number of benzene rings is 1. The summed E-state index contributed by atoms with van der Waals surface area (Å²) in [6.07, 6.45) is 1.12. The van der Waals surface area contributed by atoms with Gasteiger partial charge in [-0.15, -0.1) is 10.2 Å². The number of fused-ring (bicyclic) bond motifs is 1. The number of para-hydroxylation sites is 1. The van der Waals surface area contributed by atoms with E-state index in [0.29, 0.717) is 5.92 Å². The maximum atomic E-state index is 5.68. The lowest BCUT2D eigenvalue weighted by molar-refractivity contribution is 0.601. The van der Waals surface area contributed by atoms with Crippen molar-refractivity contribution in [3.63, 3.8) is 0 Å². The van der Waals surface area contributed by atoms with Gasteiger partial charge in [-0.05, 0) is 31.0 Å². The molecule has 5 heteroatoms. The van der Waals surface area contributed by atoms with Gasteiger partial charge < -0.3 is 10.6 Å². The highest BCUT2D eigenvalue weighted by molar-refractivity contribution is 5.74. The number of nitrogens with two attached hydrogens (primary N) is 1. The van der Waals surface area contributed by atoms with Gasteiger partial charge in [-0.1, -0.05) is 12.1 Å². The molecule has 0 aliphatic carbocycles. The Bertz CT molecular complexity index is 527. The topological polar surface area (TPSA) is 67.9 Å². The van der Waals surface area contributed by atoms with Crippen molar-refractivity contribution in [1.82, 2.24) is 15.2 Å². The quantitative estimate of drug-likeness (QED) is 0.825. The van der Waals surface area contributed by atoms with Gasteiger partial charge in [-0.3, -0.25) is 0 Å². The summed E-state index contributed by atoms with van der Waals surface area (Å²) in [6, 6.07) is 7.79. The van der Waals surface area contributed by atoms with E-state index in [4.69, 9.17) is 5.73 Å². The van der Waals surface area contributed by atoms with Gasteiger partial charge in [0.1, 0.15) is 5.52 Å². The van der Waals surface area contributed by atoms with Crippen molar-refractivity contribution in [3.8, 4) is 0 Å². The molecule has 1 aliphatic rings. The molecule has 88 valence electrons. The number of rotatable bonds is 2. The summed E-state index contributed by atoms with van der Waals surface area (Å²) in [6.45, 7) is 2.65. The first-order chi connectivity index (χ1) is 8.36. The van der Waals surface area contributed by atoms with Gasteiger partial charge in [0.2, 0.25) is 5.95 Å². The molecule has 2 N–H and O–H groups in total. The Morgan fingerprint density at radius 3 is 2.82 bits per heavy atom. The van der Waals surface area contributed by atoms with E-state index in [1.54, 1.807) is 0 Å². The fourth-order valence-electron chi connectivity index (χ4n) is 2.21. The van der Waals surface area contributed by atoms with Crippen molar-refractivity contribution in [2.45, 2.75) is 6.42 Å². The summed E-state index contributed by atoms with van der Waals surface area (Å²) in [5.74, 6) is 1.28. The van der Waals surface area contributed by atoms with E-state index in [1.807, 2.05) is 24.3 Å². The third kappa shape index (κ3) is 1.93. The van der Waals surface area contributed by atoms with Crippen molar-refractivity contribution in [1.29, 1.82) is 0 Å². The number of anilines is 1. The number of hydrogen-bond acceptors (Lipinski definition) is 5. The van der Waals surface area contributed by atoms with Crippen molar-refractivity contribution in [3.05, 3.63) is 24.3 Å². The molecule has 2 heterocycles. The molecule has 2 aromatic rings. The summed E-state index contributed by atoms with van der Waals surface area (Å²) >= 11 is 0. The van der Waals surface area contributed by atoms with Gasteiger partial charge in [0, 0.05) is 13.1 Å². The molecule has 5 nitrogen and oxygen atoms in total. The zero-order valence-electron chi connectivity index (χ0n) is 9.58. The molecule has 1 aromatic heterocycles. The van der Waals surface area contributed by atoms with Gasteiger partial charge >= 0.3 is 0 Å². The molecule has 3 rings (SSSR count). The third-order valence-electron chi connectivity index (χ3n) is 3.25. The standard InChI is InChI=1S/C12H15N5/c13-7-9-5-6-17(8-9)12-14-10-3-1-2-4-11(10)15-16-12/h1-4,9H,5-8,13H2. The summed E-state index contributed by atoms with van der Waals surface area (Å²) in [5, 5.41) is 8.37. The predicted octanol–water partition coefficient (Wildman–Crippen LogP) is 0.810. The smallest absolute Gasteiger partial charge is 0.245 e. The lowest BCUT2D eigenvalue weighted by Crippen LogP contribution is -2.24. The molecule has 1 aromatic carbocycles. The van der Waals surface area contributed by atoms with Crippen molar-refractivity contribution >= 4 is 17.0 Å². The molecule has 0 saturated carbocycles. The van der Waals surface area contributed by atoms with Crippen LogP contribution in [0.1, 0.15) is 6.42 Å². The molecule has 17 heavy (non-hydrogen) atoms. The molecule has 1 fully saturated rings. The average molecular weight is 229 g/mol. The summed E-state index contributed by atoms with van der Waals surface area (Å²) in [7, 11) is 0. The van der Waals surface area contributed by atoms with Crippen LogP contribution in [-0.4, -0.2) is 34.8 Å². The highest BCUT2D eigenvalue weighted by Gasteiger charge is 2.23. The van der Waals surface area contributed by atoms with Crippen LogP contribution >= 0.6 is 0 Å². The molecular formula is C12H15N5. The second kappa shape index (κ2) is 4.25. The lowest BCUT2D eigenvalue weighted by Gasteiger charge is -2.15. The van der Waals surface area contributed by atoms with Crippen LogP contribution in [0.4, 0.5) is 5.95 Å². The van der Waals surface area contributed by atoms with E-state index in [9.17, 15) is 0 Å². The molecule has 1 saturated heterocycles. The van der Waals surface area contributed by atoms with E-state index in [0.717, 1.165) is 43.0 Å². The average Bonchev–Trinajstić information content (AvgIpc) is 2.87. The second-order valence-corrected chi connectivity index (χ2v) is 4.44. The first kappa shape index (κ1) is 10.4. The molecule has 0 spiro atoms. The lowest BCUT2D eigenvalue weighted by atomic mass is 10.1. The molecule has 1 atom stereocenters. The predicted molar refractivity (Wildman–Crippen MR) is 66.7 cm³/mol. The third-order valence-corrected chi connectivity index (χ3v) is 3.25. The van der Waals surface area contributed by atoms with E-state index in [-0.39, 0.29) is 0 Å². The molecule has 1 aliphatic heterocycles. The fourth-order valence-corrected chi connectivity index (χ4v) is 2.21. The van der Waals surface area contributed by atoms with Crippen LogP contribution in [-0.2, 0) is 0 Å². The van der Waals surface area contributed by atoms with Gasteiger partial charge in [-0.25, -0.2) is 4.98 Å².